The second-order valence-corrected chi connectivity index (χ2v) is 4.56. The van der Waals surface area contributed by atoms with Crippen LogP contribution in [0.25, 0.3) is 9.88 Å². The van der Waals surface area contributed by atoms with Crippen molar-refractivity contribution in [1.29, 1.82) is 5.26 Å². The molecule has 0 aliphatic rings. The fourth-order valence-corrected chi connectivity index (χ4v) is 2.66. The smallest absolute Gasteiger partial charge is 0.358 e. The largest absolute Gasteiger partial charge is 0.446 e. The lowest BCUT2D eigenvalue weighted by Crippen LogP contribution is -2.05. The summed E-state index contributed by atoms with van der Waals surface area (Å²) in [6.07, 6.45) is 0. The number of nitrogens with zero attached hydrogens (tertiary/aromatic N) is 2. The maximum Gasteiger partial charge on any atom is 0.358 e. The molecule has 0 aliphatic heterocycles. The first kappa shape index (κ1) is 10.8. The van der Waals surface area contributed by atoms with Crippen molar-refractivity contribution in [2.24, 2.45) is 0 Å². The van der Waals surface area contributed by atoms with Gasteiger partial charge in [-0.2, -0.15) is 5.26 Å². The topological polar surface area (TPSA) is 63.0 Å². The first-order valence-electron chi connectivity index (χ1n) is 4.34. The molecular formula is C10H6N2O2S2. The Balaban J connectivity index is 2.14. The van der Waals surface area contributed by atoms with Crippen LogP contribution < -0.4 is 0 Å². The number of carbonyl (C=O) groups is 1. The van der Waals surface area contributed by atoms with Crippen LogP contribution in [0.2, 0.25) is 0 Å². The molecule has 0 spiro atoms. The lowest BCUT2D eigenvalue weighted by atomic mass is 10.4. The predicted octanol–water partition coefficient (Wildman–Crippen LogP) is 2.55. The zero-order chi connectivity index (χ0) is 11.4. The van der Waals surface area contributed by atoms with E-state index in [0.29, 0.717) is 0 Å². The lowest BCUT2D eigenvalue weighted by molar-refractivity contribution is 0.0549. The van der Waals surface area contributed by atoms with E-state index >= 15 is 0 Å². The molecule has 0 bridgehead atoms. The van der Waals surface area contributed by atoms with Crippen LogP contribution in [-0.2, 0) is 4.74 Å². The summed E-state index contributed by atoms with van der Waals surface area (Å²) in [4.78, 5) is 16.5. The third-order valence-electron chi connectivity index (χ3n) is 1.71. The van der Waals surface area contributed by atoms with E-state index < -0.39 is 5.97 Å². The predicted molar refractivity (Wildman–Crippen MR) is 61.3 cm³/mol. The zero-order valence-corrected chi connectivity index (χ0v) is 9.68. The van der Waals surface area contributed by atoms with Crippen molar-refractivity contribution >= 4 is 28.6 Å². The van der Waals surface area contributed by atoms with Crippen LogP contribution in [0.4, 0.5) is 0 Å². The lowest BCUT2D eigenvalue weighted by Gasteiger charge is -1.94. The van der Waals surface area contributed by atoms with Crippen molar-refractivity contribution in [2.45, 2.75) is 0 Å². The summed E-state index contributed by atoms with van der Waals surface area (Å²) in [6, 6.07) is 5.60. The van der Waals surface area contributed by atoms with E-state index in [2.05, 4.69) is 9.72 Å². The standard InChI is InChI=1S/C10H6N2O2S2/c11-3-4-14-10(13)7-6-16-9(12-7)8-2-1-5-15-8/h1-2,5-6H,4H2. The Morgan fingerprint density at radius 3 is 3.12 bits per heavy atom. The molecular weight excluding hydrogens is 244 g/mol. The summed E-state index contributed by atoms with van der Waals surface area (Å²) in [6.45, 7) is -0.245. The molecule has 0 amide bonds. The molecule has 0 saturated carbocycles. The van der Waals surface area contributed by atoms with Gasteiger partial charge >= 0.3 is 5.97 Å². The number of carbonyl (C=O) groups excluding carboxylic acids is 1. The number of hydrogen-bond acceptors (Lipinski definition) is 6. The Labute approximate surface area is 99.8 Å². The van der Waals surface area contributed by atoms with E-state index in [4.69, 9.17) is 5.26 Å². The molecule has 0 atom stereocenters. The minimum absolute atomic E-state index is 0.245. The van der Waals surface area contributed by atoms with E-state index in [1.165, 1.54) is 11.3 Å². The van der Waals surface area contributed by atoms with Gasteiger partial charge in [-0.3, -0.25) is 0 Å². The molecule has 0 saturated heterocycles. The highest BCUT2D eigenvalue weighted by molar-refractivity contribution is 7.20. The van der Waals surface area contributed by atoms with Crippen LogP contribution in [0.15, 0.2) is 22.9 Å². The van der Waals surface area contributed by atoms with Crippen molar-refractivity contribution in [3.05, 3.63) is 28.6 Å². The third-order valence-corrected chi connectivity index (χ3v) is 3.59. The van der Waals surface area contributed by atoms with Gasteiger partial charge in [-0.05, 0) is 11.4 Å². The number of ether oxygens (including phenoxy) is 1. The number of esters is 1. The summed E-state index contributed by atoms with van der Waals surface area (Å²) in [5, 5.41) is 12.6. The molecule has 6 heteroatoms. The molecule has 80 valence electrons. The highest BCUT2D eigenvalue weighted by Crippen LogP contribution is 2.27. The van der Waals surface area contributed by atoms with Crippen LogP contribution in [0.1, 0.15) is 10.5 Å². The van der Waals surface area contributed by atoms with Crippen LogP contribution >= 0.6 is 22.7 Å². The Kier molecular flexibility index (Phi) is 3.29. The highest BCUT2D eigenvalue weighted by Gasteiger charge is 2.13. The Morgan fingerprint density at radius 1 is 1.56 bits per heavy atom. The fraction of sp³-hybridized carbons (Fsp3) is 0.100. The van der Waals surface area contributed by atoms with Crippen molar-refractivity contribution in [1.82, 2.24) is 4.98 Å². The van der Waals surface area contributed by atoms with Gasteiger partial charge in [0.15, 0.2) is 12.3 Å². The maximum absolute atomic E-state index is 11.4. The Morgan fingerprint density at radius 2 is 2.44 bits per heavy atom. The molecule has 0 N–H and O–H groups in total. The maximum atomic E-state index is 11.4. The highest BCUT2D eigenvalue weighted by atomic mass is 32.1. The molecule has 4 nitrogen and oxygen atoms in total. The molecule has 2 aromatic rings. The van der Waals surface area contributed by atoms with Crippen LogP contribution in [0, 0.1) is 11.3 Å². The van der Waals surface area contributed by atoms with Gasteiger partial charge < -0.3 is 4.74 Å². The van der Waals surface area contributed by atoms with Gasteiger partial charge in [0.05, 0.1) is 4.88 Å². The summed E-state index contributed by atoms with van der Waals surface area (Å²) in [5.41, 5.74) is 0.253. The number of rotatable bonds is 3. The van der Waals surface area contributed by atoms with Crippen molar-refractivity contribution in [3.63, 3.8) is 0 Å². The summed E-state index contributed by atoms with van der Waals surface area (Å²) >= 11 is 2.95. The van der Waals surface area contributed by atoms with Gasteiger partial charge in [0.1, 0.15) is 11.1 Å². The van der Waals surface area contributed by atoms with Crippen LogP contribution in [0.5, 0.6) is 0 Å². The number of thiophene rings is 1. The quantitative estimate of drug-likeness (QED) is 0.785. The molecule has 16 heavy (non-hydrogen) atoms. The van der Waals surface area contributed by atoms with Crippen molar-refractivity contribution < 1.29 is 9.53 Å². The number of nitriles is 1. The molecule has 0 unspecified atom stereocenters. The average molecular weight is 250 g/mol. The van der Waals surface area contributed by atoms with Gasteiger partial charge in [-0.15, -0.1) is 22.7 Å². The van der Waals surface area contributed by atoms with E-state index in [1.807, 2.05) is 17.5 Å². The molecule has 0 aromatic carbocycles. The number of aromatic nitrogens is 1. The summed E-state index contributed by atoms with van der Waals surface area (Å²) in [7, 11) is 0. The normalized spacial score (nSPS) is 9.69. The number of thiazole rings is 1. The van der Waals surface area contributed by atoms with Crippen molar-refractivity contribution in [3.8, 4) is 16.0 Å². The molecule has 0 aliphatic carbocycles. The minimum atomic E-state index is -0.555. The SMILES string of the molecule is N#CCOC(=O)c1csc(-c2cccs2)n1. The molecule has 0 fully saturated rings. The minimum Gasteiger partial charge on any atom is -0.446 e. The number of hydrogen-bond donors (Lipinski definition) is 0. The van der Waals surface area contributed by atoms with Gasteiger partial charge in [-0.1, -0.05) is 6.07 Å². The summed E-state index contributed by atoms with van der Waals surface area (Å²) in [5.74, 6) is -0.555. The van der Waals surface area contributed by atoms with Gasteiger partial charge in [-0.25, -0.2) is 9.78 Å². The van der Waals surface area contributed by atoms with Crippen LogP contribution in [-0.4, -0.2) is 17.6 Å². The second-order valence-electron chi connectivity index (χ2n) is 2.75. The van der Waals surface area contributed by atoms with E-state index in [-0.39, 0.29) is 12.3 Å². The first-order chi connectivity index (χ1) is 7.81. The molecule has 0 radical (unpaired) electrons. The average Bonchev–Trinajstić information content (AvgIpc) is 2.94. The zero-order valence-electron chi connectivity index (χ0n) is 8.04. The van der Waals surface area contributed by atoms with E-state index in [9.17, 15) is 4.79 Å². The molecule has 2 rings (SSSR count). The molecule has 2 heterocycles. The molecule has 2 aromatic heterocycles. The van der Waals surface area contributed by atoms with E-state index in [0.717, 1.165) is 9.88 Å². The van der Waals surface area contributed by atoms with Crippen LogP contribution in [0.3, 0.4) is 0 Å². The second kappa shape index (κ2) is 4.88. The Bertz CT molecular complexity index is 525. The summed E-state index contributed by atoms with van der Waals surface area (Å²) < 4.78 is 4.66. The van der Waals surface area contributed by atoms with Gasteiger partial charge in [0.25, 0.3) is 0 Å². The van der Waals surface area contributed by atoms with E-state index in [1.54, 1.807) is 22.8 Å². The first-order valence-corrected chi connectivity index (χ1v) is 6.10. The van der Waals surface area contributed by atoms with Crippen molar-refractivity contribution in [2.75, 3.05) is 6.61 Å². The monoisotopic (exact) mass is 250 g/mol. The fourth-order valence-electron chi connectivity index (χ4n) is 1.05. The third kappa shape index (κ3) is 2.27. The Hall–Kier alpha value is -1.71. The van der Waals surface area contributed by atoms with Gasteiger partial charge in [0.2, 0.25) is 0 Å². The van der Waals surface area contributed by atoms with Gasteiger partial charge in [0, 0.05) is 5.38 Å².